The molecule has 2 heterocycles. The Bertz CT molecular complexity index is 1230. The van der Waals surface area contributed by atoms with E-state index in [2.05, 4.69) is 28.3 Å². The number of aliphatic hydroxyl groups is 1. The third-order valence-corrected chi connectivity index (χ3v) is 6.05. The summed E-state index contributed by atoms with van der Waals surface area (Å²) in [6.45, 7) is 5.32. The van der Waals surface area contributed by atoms with Crippen LogP contribution in [0, 0.1) is 11.3 Å². The molecule has 1 amide bonds. The van der Waals surface area contributed by atoms with Gasteiger partial charge in [0.1, 0.15) is 11.8 Å². The largest absolute Gasteiger partial charge is 0.490 e. The zero-order chi connectivity index (χ0) is 24.8. The molecule has 0 unspecified atom stereocenters. The number of aromatic nitrogens is 2. The lowest BCUT2D eigenvalue weighted by atomic mass is 10.00. The molecule has 3 aromatic rings. The van der Waals surface area contributed by atoms with Crippen LogP contribution in [0.3, 0.4) is 0 Å². The Labute approximate surface area is 217 Å². The van der Waals surface area contributed by atoms with Crippen molar-refractivity contribution in [2.45, 2.75) is 52.1 Å². The van der Waals surface area contributed by atoms with Gasteiger partial charge in [-0.05, 0) is 74.9 Å². The zero-order valence-corrected chi connectivity index (χ0v) is 21.4. The molecule has 8 nitrogen and oxygen atoms in total. The lowest BCUT2D eigenvalue weighted by Gasteiger charge is -2.20. The highest BCUT2D eigenvalue weighted by molar-refractivity contribution is 5.85. The van der Waals surface area contributed by atoms with Crippen molar-refractivity contribution in [1.82, 2.24) is 15.0 Å². The zero-order valence-electron chi connectivity index (χ0n) is 20.6. The Morgan fingerprint density at radius 2 is 1.89 bits per heavy atom. The maximum Gasteiger partial charge on any atom is 0.258 e. The Kier molecular flexibility index (Phi) is 9.45. The molecular weight excluding hydrogens is 480 g/mol. The number of nitriles is 1. The highest BCUT2D eigenvalue weighted by atomic mass is 35.5. The molecule has 0 radical (unpaired) electrons. The van der Waals surface area contributed by atoms with Crippen molar-refractivity contribution in [3.05, 3.63) is 53.1 Å². The van der Waals surface area contributed by atoms with Gasteiger partial charge in [0.2, 0.25) is 11.7 Å². The van der Waals surface area contributed by atoms with E-state index in [4.69, 9.17) is 14.4 Å². The highest BCUT2D eigenvalue weighted by Gasteiger charge is 2.20. The molecule has 0 fully saturated rings. The average molecular weight is 511 g/mol. The van der Waals surface area contributed by atoms with Gasteiger partial charge >= 0.3 is 0 Å². The lowest BCUT2D eigenvalue weighted by molar-refractivity contribution is -0.131. The second-order valence-electron chi connectivity index (χ2n) is 8.96. The molecule has 36 heavy (non-hydrogen) atoms. The van der Waals surface area contributed by atoms with E-state index in [1.807, 2.05) is 24.8 Å². The minimum atomic E-state index is -0.0346. The molecule has 0 aliphatic carbocycles. The van der Waals surface area contributed by atoms with Crippen LogP contribution in [0.1, 0.15) is 49.8 Å². The Hall–Kier alpha value is -3.41. The first-order valence-corrected chi connectivity index (χ1v) is 12.0. The molecule has 0 atom stereocenters. The van der Waals surface area contributed by atoms with Crippen molar-refractivity contribution < 1.29 is 19.2 Å². The number of nitrogens with zero attached hydrogens (tertiary/aromatic N) is 4. The number of benzene rings is 2. The quantitative estimate of drug-likeness (QED) is 0.441. The maximum absolute atomic E-state index is 12.5. The second-order valence-corrected chi connectivity index (χ2v) is 8.96. The van der Waals surface area contributed by atoms with Crippen LogP contribution < -0.4 is 4.74 Å². The van der Waals surface area contributed by atoms with E-state index in [-0.39, 0.29) is 31.0 Å². The SMILES string of the molecule is CC(C)Oc1ccc(-c2nc(-c3ccc4c(c3)CCN(C(=O)CCCCO)CC4)no2)cc1C#N.Cl. The summed E-state index contributed by atoms with van der Waals surface area (Å²) in [6, 6.07) is 13.5. The normalized spacial score (nSPS) is 12.9. The van der Waals surface area contributed by atoms with E-state index in [1.165, 1.54) is 11.1 Å². The Balaban J connectivity index is 0.00000361. The monoisotopic (exact) mass is 510 g/mol. The minimum absolute atomic E-state index is 0. The maximum atomic E-state index is 12.5. The summed E-state index contributed by atoms with van der Waals surface area (Å²) in [5.41, 5.74) is 4.32. The van der Waals surface area contributed by atoms with Crippen LogP contribution in [0.2, 0.25) is 0 Å². The van der Waals surface area contributed by atoms with Crippen molar-refractivity contribution in [3.63, 3.8) is 0 Å². The van der Waals surface area contributed by atoms with Crippen molar-refractivity contribution >= 4 is 18.3 Å². The molecular formula is C27H31ClN4O4. The van der Waals surface area contributed by atoms with Crippen LogP contribution in [0.15, 0.2) is 40.9 Å². The molecule has 0 saturated heterocycles. The van der Waals surface area contributed by atoms with Crippen LogP contribution in [-0.4, -0.2) is 51.9 Å². The molecule has 9 heteroatoms. The van der Waals surface area contributed by atoms with Gasteiger partial charge < -0.3 is 19.3 Å². The minimum Gasteiger partial charge on any atom is -0.490 e. The number of carbonyl (C=O) groups is 1. The van der Waals surface area contributed by atoms with Crippen LogP contribution in [-0.2, 0) is 17.6 Å². The summed E-state index contributed by atoms with van der Waals surface area (Å²) in [5, 5.41) is 22.6. The molecule has 1 aliphatic heterocycles. The predicted molar refractivity (Wildman–Crippen MR) is 138 cm³/mol. The number of hydrogen-bond donors (Lipinski definition) is 1. The number of aliphatic hydroxyl groups excluding tert-OH is 1. The van der Waals surface area contributed by atoms with Crippen LogP contribution in [0.5, 0.6) is 5.75 Å². The molecule has 0 saturated carbocycles. The van der Waals surface area contributed by atoms with E-state index in [0.717, 1.165) is 18.4 Å². The second kappa shape index (κ2) is 12.5. The number of amides is 1. The first-order valence-electron chi connectivity index (χ1n) is 12.0. The molecule has 1 aliphatic rings. The highest BCUT2D eigenvalue weighted by Crippen LogP contribution is 2.29. The van der Waals surface area contributed by atoms with Gasteiger partial charge in [0.15, 0.2) is 0 Å². The standard InChI is InChI=1S/C27H30N4O4.ClH/c1-18(2)34-24-9-8-22(16-23(24)17-28)27-29-26(30-35-27)21-7-6-19-10-12-31(13-11-20(19)15-21)25(33)5-3-4-14-32;/h6-9,15-16,18,32H,3-5,10-14H2,1-2H3;1H. The summed E-state index contributed by atoms with van der Waals surface area (Å²) in [6.07, 6.45) is 3.39. The van der Waals surface area contributed by atoms with Crippen LogP contribution in [0.25, 0.3) is 22.8 Å². The first-order chi connectivity index (χ1) is 17.0. The van der Waals surface area contributed by atoms with Gasteiger partial charge in [-0.3, -0.25) is 4.79 Å². The summed E-state index contributed by atoms with van der Waals surface area (Å²) < 4.78 is 11.2. The molecule has 0 spiro atoms. The predicted octanol–water partition coefficient (Wildman–Crippen LogP) is 4.57. The molecule has 4 rings (SSSR count). The fraction of sp³-hybridized carbons (Fsp3) is 0.407. The van der Waals surface area contributed by atoms with Gasteiger partial charge in [0.25, 0.3) is 5.89 Å². The van der Waals surface area contributed by atoms with Gasteiger partial charge in [-0.15, -0.1) is 12.4 Å². The van der Waals surface area contributed by atoms with E-state index in [9.17, 15) is 10.1 Å². The van der Waals surface area contributed by atoms with Crippen molar-refractivity contribution in [2.75, 3.05) is 19.7 Å². The smallest absolute Gasteiger partial charge is 0.258 e. The van der Waals surface area contributed by atoms with Gasteiger partial charge in [0.05, 0.1) is 11.7 Å². The fourth-order valence-corrected chi connectivity index (χ4v) is 4.22. The van der Waals surface area contributed by atoms with Gasteiger partial charge in [-0.25, -0.2) is 0 Å². The van der Waals surface area contributed by atoms with Crippen LogP contribution in [0.4, 0.5) is 0 Å². The van der Waals surface area contributed by atoms with Crippen LogP contribution >= 0.6 is 12.4 Å². The van der Waals surface area contributed by atoms with Gasteiger partial charge in [0, 0.05) is 37.2 Å². The molecule has 190 valence electrons. The number of ether oxygens (including phenoxy) is 1. The number of rotatable bonds is 8. The summed E-state index contributed by atoms with van der Waals surface area (Å²) in [4.78, 5) is 19.0. The average Bonchev–Trinajstić information content (AvgIpc) is 3.25. The van der Waals surface area contributed by atoms with Crippen molar-refractivity contribution in [3.8, 4) is 34.7 Å². The third-order valence-electron chi connectivity index (χ3n) is 6.05. The first kappa shape index (κ1) is 27.2. The number of hydrogen-bond acceptors (Lipinski definition) is 7. The topological polar surface area (TPSA) is 112 Å². The molecule has 1 aromatic heterocycles. The van der Waals surface area contributed by atoms with Gasteiger partial charge in [-0.2, -0.15) is 10.2 Å². The fourth-order valence-electron chi connectivity index (χ4n) is 4.22. The molecule has 1 N–H and O–H groups in total. The molecule has 0 bridgehead atoms. The number of carbonyl (C=O) groups excluding carboxylic acids is 1. The van der Waals surface area contributed by atoms with E-state index in [1.54, 1.807) is 18.2 Å². The summed E-state index contributed by atoms with van der Waals surface area (Å²) in [7, 11) is 0. The van der Waals surface area contributed by atoms with E-state index >= 15 is 0 Å². The van der Waals surface area contributed by atoms with E-state index in [0.29, 0.717) is 60.9 Å². The lowest BCUT2D eigenvalue weighted by Crippen LogP contribution is -2.33. The molecule has 2 aromatic carbocycles. The number of fused-ring (bicyclic) bond motifs is 1. The Morgan fingerprint density at radius 3 is 2.61 bits per heavy atom. The Morgan fingerprint density at radius 1 is 1.14 bits per heavy atom. The number of halogens is 1. The summed E-state index contributed by atoms with van der Waals surface area (Å²) in [5.74, 6) is 1.49. The van der Waals surface area contributed by atoms with E-state index < -0.39 is 0 Å². The van der Waals surface area contributed by atoms with Crippen molar-refractivity contribution in [2.24, 2.45) is 0 Å². The third kappa shape index (κ3) is 6.42. The summed E-state index contributed by atoms with van der Waals surface area (Å²) >= 11 is 0. The van der Waals surface area contributed by atoms with Gasteiger partial charge in [-0.1, -0.05) is 17.3 Å². The number of unbranched alkanes of at least 4 members (excludes halogenated alkanes) is 1. The van der Waals surface area contributed by atoms with Crippen molar-refractivity contribution in [1.29, 1.82) is 5.26 Å².